The minimum absolute atomic E-state index is 0.238. The molecule has 0 spiro atoms. The van der Waals surface area contributed by atoms with E-state index >= 15 is 0 Å². The SMILES string of the molecule is Cc1nc(NC2CC2)cc(N2CCN(CCO)CC2)n1. The lowest BCUT2D eigenvalue weighted by atomic mass is 10.3. The summed E-state index contributed by atoms with van der Waals surface area (Å²) in [7, 11) is 0. The molecule has 2 heterocycles. The van der Waals surface area contributed by atoms with Gasteiger partial charge in [-0.3, -0.25) is 4.90 Å². The molecule has 1 aliphatic carbocycles. The first-order valence-electron chi connectivity index (χ1n) is 7.45. The van der Waals surface area contributed by atoms with Crippen molar-refractivity contribution in [3.63, 3.8) is 0 Å². The normalized spacial score (nSPS) is 20.2. The van der Waals surface area contributed by atoms with Crippen LogP contribution in [-0.2, 0) is 0 Å². The Bertz CT molecular complexity index is 455. The van der Waals surface area contributed by atoms with Crippen LogP contribution < -0.4 is 10.2 Å². The number of aliphatic hydroxyl groups excluding tert-OH is 1. The van der Waals surface area contributed by atoms with Gasteiger partial charge in [0.2, 0.25) is 0 Å². The van der Waals surface area contributed by atoms with Gasteiger partial charge in [0.05, 0.1) is 6.61 Å². The zero-order valence-corrected chi connectivity index (χ0v) is 12.0. The molecule has 6 nitrogen and oxygen atoms in total. The van der Waals surface area contributed by atoms with Gasteiger partial charge in [-0.15, -0.1) is 0 Å². The van der Waals surface area contributed by atoms with Crippen LogP contribution in [0.25, 0.3) is 0 Å². The van der Waals surface area contributed by atoms with Crippen LogP contribution in [0, 0.1) is 6.92 Å². The van der Waals surface area contributed by atoms with Gasteiger partial charge in [0.15, 0.2) is 0 Å². The Kier molecular flexibility index (Phi) is 4.03. The smallest absolute Gasteiger partial charge is 0.134 e. The third-order valence-electron chi connectivity index (χ3n) is 3.87. The van der Waals surface area contributed by atoms with E-state index in [0.29, 0.717) is 6.04 Å². The van der Waals surface area contributed by atoms with Crippen molar-refractivity contribution in [1.29, 1.82) is 0 Å². The van der Waals surface area contributed by atoms with Crippen molar-refractivity contribution in [3.8, 4) is 0 Å². The Labute approximate surface area is 119 Å². The maximum absolute atomic E-state index is 8.98. The number of hydrogen-bond donors (Lipinski definition) is 2. The molecule has 1 aromatic rings. The van der Waals surface area contributed by atoms with E-state index in [0.717, 1.165) is 50.2 Å². The van der Waals surface area contributed by atoms with Crippen molar-refractivity contribution in [1.82, 2.24) is 14.9 Å². The molecule has 0 aromatic carbocycles. The number of hydrogen-bond acceptors (Lipinski definition) is 6. The second-order valence-electron chi connectivity index (χ2n) is 5.63. The maximum Gasteiger partial charge on any atom is 0.134 e. The summed E-state index contributed by atoms with van der Waals surface area (Å²) in [5, 5.41) is 12.4. The fraction of sp³-hybridized carbons (Fsp3) is 0.714. The zero-order valence-electron chi connectivity index (χ0n) is 12.0. The van der Waals surface area contributed by atoms with Crippen LogP contribution in [0.15, 0.2) is 6.07 Å². The molecule has 6 heteroatoms. The number of rotatable bonds is 5. The summed E-state index contributed by atoms with van der Waals surface area (Å²) in [5.74, 6) is 2.79. The van der Waals surface area contributed by atoms with E-state index in [-0.39, 0.29) is 6.61 Å². The Morgan fingerprint density at radius 2 is 2.00 bits per heavy atom. The highest BCUT2D eigenvalue weighted by Gasteiger charge is 2.23. The molecular formula is C14H23N5O. The van der Waals surface area contributed by atoms with E-state index in [1.54, 1.807) is 0 Å². The lowest BCUT2D eigenvalue weighted by Gasteiger charge is -2.35. The number of nitrogens with one attached hydrogen (secondary N) is 1. The van der Waals surface area contributed by atoms with Crippen molar-refractivity contribution in [2.75, 3.05) is 49.5 Å². The number of aliphatic hydroxyl groups is 1. The molecule has 1 saturated carbocycles. The van der Waals surface area contributed by atoms with Crippen molar-refractivity contribution in [2.45, 2.75) is 25.8 Å². The minimum Gasteiger partial charge on any atom is -0.395 e. The standard InChI is InChI=1S/C14H23N5O/c1-11-15-13(17-12-2-3-12)10-14(16-11)19-6-4-18(5-7-19)8-9-20/h10,12,20H,2-9H2,1H3,(H,15,16,17). The highest BCUT2D eigenvalue weighted by molar-refractivity contribution is 5.50. The van der Waals surface area contributed by atoms with Crippen molar-refractivity contribution in [3.05, 3.63) is 11.9 Å². The van der Waals surface area contributed by atoms with E-state index < -0.39 is 0 Å². The van der Waals surface area contributed by atoms with E-state index in [2.05, 4.69) is 31.2 Å². The second-order valence-corrected chi connectivity index (χ2v) is 5.63. The van der Waals surface area contributed by atoms with Crippen LogP contribution in [0.2, 0.25) is 0 Å². The summed E-state index contributed by atoms with van der Waals surface area (Å²) in [6, 6.07) is 2.67. The third kappa shape index (κ3) is 3.37. The van der Waals surface area contributed by atoms with Crippen LogP contribution in [0.5, 0.6) is 0 Å². The van der Waals surface area contributed by atoms with Crippen molar-refractivity contribution in [2.24, 2.45) is 0 Å². The van der Waals surface area contributed by atoms with Gasteiger partial charge >= 0.3 is 0 Å². The summed E-state index contributed by atoms with van der Waals surface area (Å²) < 4.78 is 0. The molecule has 0 bridgehead atoms. The van der Waals surface area contributed by atoms with E-state index in [1.165, 1.54) is 12.8 Å². The van der Waals surface area contributed by atoms with E-state index in [4.69, 9.17) is 5.11 Å². The molecule has 3 rings (SSSR count). The Morgan fingerprint density at radius 3 is 2.65 bits per heavy atom. The number of β-amino-alcohol motifs (C(OH)–C–C–N with tert-alkyl or cyclic N) is 1. The number of aryl methyl sites for hydroxylation is 1. The molecule has 1 aromatic heterocycles. The largest absolute Gasteiger partial charge is 0.395 e. The molecule has 20 heavy (non-hydrogen) atoms. The predicted octanol–water partition coefficient (Wildman–Crippen LogP) is 0.474. The topological polar surface area (TPSA) is 64.5 Å². The van der Waals surface area contributed by atoms with Gasteiger partial charge in [0.1, 0.15) is 17.5 Å². The maximum atomic E-state index is 8.98. The van der Waals surface area contributed by atoms with Gasteiger partial charge in [-0.2, -0.15) is 0 Å². The highest BCUT2D eigenvalue weighted by Crippen LogP contribution is 2.25. The summed E-state index contributed by atoms with van der Waals surface area (Å²) in [6.07, 6.45) is 2.50. The van der Waals surface area contributed by atoms with Gasteiger partial charge in [0.25, 0.3) is 0 Å². The Morgan fingerprint density at radius 1 is 1.25 bits per heavy atom. The molecule has 0 unspecified atom stereocenters. The molecule has 2 fully saturated rings. The number of aromatic nitrogens is 2. The summed E-state index contributed by atoms with van der Waals surface area (Å²) in [5.41, 5.74) is 0. The molecule has 110 valence electrons. The lowest BCUT2D eigenvalue weighted by Crippen LogP contribution is -2.47. The Hall–Kier alpha value is -1.40. The van der Waals surface area contributed by atoms with Crippen molar-refractivity contribution < 1.29 is 5.11 Å². The summed E-state index contributed by atoms with van der Waals surface area (Å²) >= 11 is 0. The average Bonchev–Trinajstić information content (AvgIpc) is 3.23. The van der Waals surface area contributed by atoms with Crippen molar-refractivity contribution >= 4 is 11.6 Å². The monoisotopic (exact) mass is 277 g/mol. The third-order valence-corrected chi connectivity index (χ3v) is 3.87. The fourth-order valence-corrected chi connectivity index (χ4v) is 2.57. The molecule has 2 aliphatic rings. The number of piperazine rings is 1. The highest BCUT2D eigenvalue weighted by atomic mass is 16.3. The molecular weight excluding hydrogens is 254 g/mol. The molecule has 0 amide bonds. The van der Waals surface area contributed by atoms with Gasteiger partial charge in [-0.1, -0.05) is 0 Å². The number of anilines is 2. The lowest BCUT2D eigenvalue weighted by molar-refractivity contribution is 0.188. The van der Waals surface area contributed by atoms with Gasteiger partial charge in [-0.25, -0.2) is 9.97 Å². The van der Waals surface area contributed by atoms with Crippen LogP contribution in [-0.4, -0.2) is 65.3 Å². The summed E-state index contributed by atoms with van der Waals surface area (Å²) in [4.78, 5) is 13.6. The van der Waals surface area contributed by atoms with E-state index in [9.17, 15) is 0 Å². The van der Waals surface area contributed by atoms with Crippen LogP contribution >= 0.6 is 0 Å². The zero-order chi connectivity index (χ0) is 13.9. The van der Waals surface area contributed by atoms with E-state index in [1.807, 2.05) is 6.92 Å². The first-order valence-corrected chi connectivity index (χ1v) is 7.45. The number of nitrogens with zero attached hydrogens (tertiary/aromatic N) is 4. The molecule has 0 radical (unpaired) electrons. The first-order chi connectivity index (χ1) is 9.74. The van der Waals surface area contributed by atoms with Gasteiger partial charge < -0.3 is 15.3 Å². The van der Waals surface area contributed by atoms with Crippen LogP contribution in [0.3, 0.4) is 0 Å². The second kappa shape index (κ2) is 5.93. The average molecular weight is 277 g/mol. The van der Waals surface area contributed by atoms with Crippen LogP contribution in [0.4, 0.5) is 11.6 Å². The Balaban J connectivity index is 1.65. The molecule has 2 N–H and O–H groups in total. The van der Waals surface area contributed by atoms with Gasteiger partial charge in [-0.05, 0) is 19.8 Å². The van der Waals surface area contributed by atoms with Gasteiger partial charge in [0, 0.05) is 44.8 Å². The predicted molar refractivity (Wildman–Crippen MR) is 79.2 cm³/mol. The fourth-order valence-electron chi connectivity index (χ4n) is 2.57. The molecule has 0 atom stereocenters. The summed E-state index contributed by atoms with van der Waals surface area (Å²) in [6.45, 7) is 6.83. The minimum atomic E-state index is 0.238. The quantitative estimate of drug-likeness (QED) is 0.816. The van der Waals surface area contributed by atoms with Crippen LogP contribution in [0.1, 0.15) is 18.7 Å². The molecule has 1 aliphatic heterocycles. The first kappa shape index (κ1) is 13.6. The molecule has 1 saturated heterocycles.